The predicted molar refractivity (Wildman–Crippen MR) is 198 cm³/mol. The highest BCUT2D eigenvalue weighted by atomic mass is 32.1. The second-order valence-corrected chi connectivity index (χ2v) is 14.7. The van der Waals surface area contributed by atoms with E-state index in [1.807, 2.05) is 38.1 Å². The number of carbonyl (C=O) groups excluding carboxylic acids is 6. The molecule has 5 rings (SSSR count). The lowest BCUT2D eigenvalue weighted by molar-refractivity contribution is -0.138. The van der Waals surface area contributed by atoms with E-state index < -0.39 is 53.6 Å². The van der Waals surface area contributed by atoms with Crippen molar-refractivity contribution in [2.45, 2.75) is 51.7 Å². The van der Waals surface area contributed by atoms with E-state index in [4.69, 9.17) is 0 Å². The zero-order valence-electron chi connectivity index (χ0n) is 30.7. The molecule has 1 aliphatic rings. The topological polar surface area (TPSA) is 195 Å². The minimum atomic E-state index is -1.07. The number of likely N-dealkylation sites (N-methyl/N-ethyl adjacent to an activating group) is 2. The highest BCUT2D eigenvalue weighted by Crippen LogP contribution is 2.25. The van der Waals surface area contributed by atoms with E-state index in [1.54, 1.807) is 29.4 Å². The maximum Gasteiger partial charge on any atom is 0.274 e. The maximum atomic E-state index is 13.9. The van der Waals surface area contributed by atoms with Crippen LogP contribution in [0.2, 0.25) is 0 Å². The molecule has 16 nitrogen and oxygen atoms in total. The smallest absolute Gasteiger partial charge is 0.274 e. The van der Waals surface area contributed by atoms with Crippen LogP contribution in [0.1, 0.15) is 64.8 Å². The molecule has 4 heterocycles. The lowest BCUT2D eigenvalue weighted by Gasteiger charge is -2.28. The second kappa shape index (κ2) is 16.8. The molecule has 1 aromatic carbocycles. The van der Waals surface area contributed by atoms with Gasteiger partial charge in [-0.05, 0) is 30.9 Å². The van der Waals surface area contributed by atoms with E-state index in [2.05, 4.69) is 30.9 Å². The van der Waals surface area contributed by atoms with Crippen molar-refractivity contribution < 1.29 is 28.8 Å². The Kier molecular flexibility index (Phi) is 12.3. The van der Waals surface area contributed by atoms with Crippen LogP contribution in [0.5, 0.6) is 0 Å². The molecule has 1 aliphatic heterocycles. The Morgan fingerprint density at radius 2 is 1.66 bits per heavy atom. The molecular weight excluding hydrogens is 701 g/mol. The third kappa shape index (κ3) is 9.65. The number of hydrogen-bond acceptors (Lipinski definition) is 9. The molecule has 3 aromatic heterocycles. The van der Waals surface area contributed by atoms with Crippen LogP contribution in [0.4, 0.5) is 0 Å². The van der Waals surface area contributed by atoms with Crippen LogP contribution in [-0.2, 0) is 32.6 Å². The van der Waals surface area contributed by atoms with Gasteiger partial charge in [-0.1, -0.05) is 32.0 Å². The summed E-state index contributed by atoms with van der Waals surface area (Å²) >= 11 is 1.20. The highest BCUT2D eigenvalue weighted by Gasteiger charge is 2.31. The van der Waals surface area contributed by atoms with Crippen LogP contribution in [-0.4, -0.2) is 122 Å². The van der Waals surface area contributed by atoms with E-state index in [0.717, 1.165) is 16.5 Å². The fraction of sp³-hybridized carbons (Fsp3) is 0.444. The van der Waals surface area contributed by atoms with Gasteiger partial charge in [0.15, 0.2) is 0 Å². The fourth-order valence-corrected chi connectivity index (χ4v) is 7.03. The molecule has 0 spiro atoms. The number of aromatic amines is 1. The SMILES string of the molecule is CC(C)C[C@@H]1NC(=O)CN(C(=O)c2cn(C)cn2)CCN(C)C(=O)[C@H](C)NC(=O)CN(C)C(=O)[C@@H](Cc2c[nH]c3ccccc23)NC(=O)c2csc1n2. The summed E-state index contributed by atoms with van der Waals surface area (Å²) < 4.78 is 1.62. The fourth-order valence-electron chi connectivity index (χ4n) is 6.17. The van der Waals surface area contributed by atoms with Crippen molar-refractivity contribution in [1.82, 2.24) is 50.2 Å². The molecule has 53 heavy (non-hydrogen) atoms. The van der Waals surface area contributed by atoms with Crippen molar-refractivity contribution in [2.24, 2.45) is 13.0 Å². The number of rotatable bonds is 5. The van der Waals surface area contributed by atoms with E-state index in [0.29, 0.717) is 11.4 Å². The molecule has 0 saturated carbocycles. The average Bonchev–Trinajstić information content (AvgIpc) is 3.88. The Hall–Kier alpha value is -5.58. The first kappa shape index (κ1) is 38.6. The summed E-state index contributed by atoms with van der Waals surface area (Å²) in [5.74, 6) is -2.96. The van der Waals surface area contributed by atoms with Gasteiger partial charge in [0, 0.05) is 69.3 Å². The zero-order chi connectivity index (χ0) is 38.4. The Balaban J connectivity index is 1.47. The number of aromatic nitrogens is 4. The van der Waals surface area contributed by atoms with Gasteiger partial charge in [-0.25, -0.2) is 9.97 Å². The molecule has 0 unspecified atom stereocenters. The number of amides is 6. The average molecular weight is 747 g/mol. The summed E-state index contributed by atoms with van der Waals surface area (Å²) in [6.07, 6.45) is 5.43. The molecule has 0 saturated heterocycles. The summed E-state index contributed by atoms with van der Waals surface area (Å²) in [6, 6.07) is 4.98. The van der Waals surface area contributed by atoms with E-state index in [1.165, 1.54) is 53.4 Å². The molecule has 17 heteroatoms. The Bertz CT molecular complexity index is 1980. The van der Waals surface area contributed by atoms with Crippen LogP contribution in [0.25, 0.3) is 10.9 Å². The third-order valence-electron chi connectivity index (χ3n) is 8.93. The quantitative estimate of drug-likeness (QED) is 0.236. The number of imidazole rings is 1. The van der Waals surface area contributed by atoms with Crippen molar-refractivity contribution in [3.63, 3.8) is 0 Å². The van der Waals surface area contributed by atoms with Gasteiger partial charge in [0.25, 0.3) is 11.8 Å². The number of fused-ring (bicyclic) bond motifs is 3. The molecule has 0 aliphatic carbocycles. The van der Waals surface area contributed by atoms with Gasteiger partial charge in [0.05, 0.1) is 25.5 Å². The van der Waals surface area contributed by atoms with Crippen molar-refractivity contribution in [2.75, 3.05) is 40.3 Å². The number of nitrogens with zero attached hydrogens (tertiary/aromatic N) is 6. The molecule has 4 N–H and O–H groups in total. The van der Waals surface area contributed by atoms with Crippen LogP contribution < -0.4 is 16.0 Å². The van der Waals surface area contributed by atoms with Crippen LogP contribution in [0.15, 0.2) is 48.4 Å². The molecule has 0 radical (unpaired) electrons. The standard InChI is InChI=1S/C36H46N10O6S/c1-21(2)13-26-33-42-29(19-53-33)32(49)41-27(14-23-15-37-25-10-8-7-9-24(23)25)35(51)45(6)17-30(47)39-22(3)34(50)44(5)11-12-46(18-31(48)40-26)36(52)28-16-43(4)20-38-28/h7-10,15-16,19-22,26-27,37H,11-14,17-18H2,1-6H3,(H,39,47)(H,40,48)(H,41,49)/t22-,26-,27+/m0/s1. The summed E-state index contributed by atoms with van der Waals surface area (Å²) in [5, 5.41) is 11.4. The summed E-state index contributed by atoms with van der Waals surface area (Å²) in [6.45, 7) is 4.85. The molecule has 0 fully saturated rings. The number of aryl methyl sites for hydroxylation is 1. The first-order valence-corrected chi connectivity index (χ1v) is 18.2. The first-order chi connectivity index (χ1) is 25.2. The van der Waals surface area contributed by atoms with E-state index in [-0.39, 0.29) is 49.9 Å². The Morgan fingerprint density at radius 3 is 2.38 bits per heavy atom. The van der Waals surface area contributed by atoms with Gasteiger partial charge in [-0.2, -0.15) is 0 Å². The number of thiazole rings is 1. The lowest BCUT2D eigenvalue weighted by atomic mass is 10.0. The largest absolute Gasteiger partial charge is 0.361 e. The number of H-pyrrole nitrogens is 1. The molecule has 6 amide bonds. The van der Waals surface area contributed by atoms with Gasteiger partial charge < -0.3 is 40.2 Å². The first-order valence-electron chi connectivity index (χ1n) is 17.4. The van der Waals surface area contributed by atoms with Gasteiger partial charge in [-0.15, -0.1) is 11.3 Å². The predicted octanol–water partition coefficient (Wildman–Crippen LogP) is 1.48. The Labute approximate surface area is 311 Å². The minimum Gasteiger partial charge on any atom is -0.361 e. The Morgan fingerprint density at radius 1 is 0.925 bits per heavy atom. The summed E-state index contributed by atoms with van der Waals surface area (Å²) in [4.78, 5) is 97.1. The zero-order valence-corrected chi connectivity index (χ0v) is 31.5. The normalized spacial score (nSPS) is 20.3. The maximum absolute atomic E-state index is 13.9. The number of carbonyl (C=O) groups is 6. The van der Waals surface area contributed by atoms with Crippen LogP contribution in [0.3, 0.4) is 0 Å². The molecular formula is C36H46N10O6S. The van der Waals surface area contributed by atoms with Crippen molar-refractivity contribution >= 4 is 57.7 Å². The third-order valence-corrected chi connectivity index (χ3v) is 9.89. The van der Waals surface area contributed by atoms with Gasteiger partial charge in [0.1, 0.15) is 28.5 Å². The van der Waals surface area contributed by atoms with Gasteiger partial charge in [0.2, 0.25) is 23.6 Å². The van der Waals surface area contributed by atoms with Crippen molar-refractivity contribution in [3.05, 3.63) is 70.3 Å². The molecule has 2 bridgehead atoms. The lowest BCUT2D eigenvalue weighted by Crippen LogP contribution is -2.53. The monoisotopic (exact) mass is 746 g/mol. The van der Waals surface area contributed by atoms with Gasteiger partial charge >= 0.3 is 0 Å². The summed E-state index contributed by atoms with van der Waals surface area (Å²) in [7, 11) is 4.72. The second-order valence-electron chi connectivity index (χ2n) is 13.8. The van der Waals surface area contributed by atoms with Gasteiger partial charge in [-0.3, -0.25) is 28.8 Å². The number of benzene rings is 1. The number of nitrogens with one attached hydrogen (secondary N) is 4. The number of hydrogen-bond donors (Lipinski definition) is 4. The molecule has 3 atom stereocenters. The minimum absolute atomic E-state index is 0.00277. The van der Waals surface area contributed by atoms with Crippen LogP contribution >= 0.6 is 11.3 Å². The van der Waals surface area contributed by atoms with Crippen molar-refractivity contribution in [1.29, 1.82) is 0 Å². The molecule has 282 valence electrons. The number of para-hydroxylation sites is 1. The van der Waals surface area contributed by atoms with E-state index >= 15 is 0 Å². The van der Waals surface area contributed by atoms with Crippen molar-refractivity contribution in [3.8, 4) is 0 Å². The summed E-state index contributed by atoms with van der Waals surface area (Å²) in [5.41, 5.74) is 1.86. The highest BCUT2D eigenvalue weighted by molar-refractivity contribution is 7.09. The van der Waals surface area contributed by atoms with Crippen LogP contribution in [0, 0.1) is 5.92 Å². The van der Waals surface area contributed by atoms with E-state index in [9.17, 15) is 28.8 Å². The molecule has 4 aromatic rings.